The fourth-order valence-corrected chi connectivity index (χ4v) is 2.08. The summed E-state index contributed by atoms with van der Waals surface area (Å²) < 4.78 is 2.12. The zero-order chi connectivity index (χ0) is 12.4. The summed E-state index contributed by atoms with van der Waals surface area (Å²) in [6.07, 6.45) is 4.22. The Balaban J connectivity index is 2.56. The Morgan fingerprint density at radius 2 is 2.06 bits per heavy atom. The lowest BCUT2D eigenvalue weighted by Gasteiger charge is -2.07. The summed E-state index contributed by atoms with van der Waals surface area (Å²) in [6.45, 7) is 4.33. The molecule has 0 fully saturated rings. The highest BCUT2D eigenvalue weighted by molar-refractivity contribution is 5.89. The van der Waals surface area contributed by atoms with E-state index in [-0.39, 0.29) is 6.61 Å². The second kappa shape index (κ2) is 4.76. The van der Waals surface area contributed by atoms with Crippen LogP contribution in [0, 0.1) is 5.92 Å². The molecule has 1 aromatic heterocycles. The highest BCUT2D eigenvalue weighted by Crippen LogP contribution is 2.24. The number of hydrogen-bond acceptors (Lipinski definition) is 1. The van der Waals surface area contributed by atoms with E-state index in [0.29, 0.717) is 5.92 Å². The molecule has 90 valence electrons. The average molecular weight is 229 g/mol. The maximum Gasteiger partial charge on any atom is 0.0647 e. The van der Waals surface area contributed by atoms with E-state index in [1.807, 2.05) is 19.2 Å². The zero-order valence-corrected chi connectivity index (χ0v) is 10.6. The van der Waals surface area contributed by atoms with Gasteiger partial charge < -0.3 is 9.67 Å². The third-order valence-corrected chi connectivity index (χ3v) is 3.19. The molecule has 1 aromatic carbocycles. The molecule has 0 radical (unpaired) electrons. The first-order valence-electron chi connectivity index (χ1n) is 5.99. The summed E-state index contributed by atoms with van der Waals surface area (Å²) in [5.74, 6) is 0.374. The number of aliphatic hydroxyl groups is 1. The van der Waals surface area contributed by atoms with Crippen molar-refractivity contribution in [1.82, 2.24) is 4.57 Å². The predicted octanol–water partition coefficient (Wildman–Crippen LogP) is 3.21. The Labute approximate surface area is 102 Å². The standard InChI is InChI=1S/C15H19NO/c1-11(2)13(10-17)8-12-9-16(3)15-7-5-4-6-14(12)15/h4-9,11,17H,10H2,1-3H3/b13-8+. The molecule has 17 heavy (non-hydrogen) atoms. The minimum absolute atomic E-state index is 0.126. The van der Waals surface area contributed by atoms with Crippen LogP contribution >= 0.6 is 0 Å². The van der Waals surface area contributed by atoms with Crippen LogP contribution < -0.4 is 0 Å². The van der Waals surface area contributed by atoms with Gasteiger partial charge in [0.25, 0.3) is 0 Å². The number of nitrogens with zero attached hydrogens (tertiary/aromatic N) is 1. The first kappa shape index (κ1) is 11.9. The van der Waals surface area contributed by atoms with E-state index in [4.69, 9.17) is 0 Å². The maximum absolute atomic E-state index is 9.36. The third-order valence-electron chi connectivity index (χ3n) is 3.19. The minimum atomic E-state index is 0.126. The van der Waals surface area contributed by atoms with E-state index in [2.05, 4.69) is 42.8 Å². The van der Waals surface area contributed by atoms with Crippen LogP contribution in [0.5, 0.6) is 0 Å². The highest BCUT2D eigenvalue weighted by atomic mass is 16.3. The van der Waals surface area contributed by atoms with Gasteiger partial charge in [0.15, 0.2) is 0 Å². The molecule has 0 bridgehead atoms. The quantitative estimate of drug-likeness (QED) is 0.859. The summed E-state index contributed by atoms with van der Waals surface area (Å²) in [4.78, 5) is 0. The molecular formula is C15H19NO. The third kappa shape index (κ3) is 2.27. The smallest absolute Gasteiger partial charge is 0.0647 e. The lowest BCUT2D eigenvalue weighted by molar-refractivity contribution is 0.320. The van der Waals surface area contributed by atoms with Gasteiger partial charge in [0, 0.05) is 29.7 Å². The van der Waals surface area contributed by atoms with E-state index in [0.717, 1.165) is 5.57 Å². The molecular weight excluding hydrogens is 210 g/mol. The number of aryl methyl sites for hydroxylation is 1. The van der Waals surface area contributed by atoms with Gasteiger partial charge in [-0.05, 0) is 17.6 Å². The van der Waals surface area contributed by atoms with Crippen molar-refractivity contribution in [1.29, 1.82) is 0 Å². The van der Waals surface area contributed by atoms with E-state index < -0.39 is 0 Å². The molecule has 0 aliphatic rings. The van der Waals surface area contributed by atoms with Crippen molar-refractivity contribution < 1.29 is 5.11 Å². The van der Waals surface area contributed by atoms with Crippen LogP contribution in [-0.2, 0) is 7.05 Å². The molecule has 0 atom stereocenters. The molecule has 0 saturated carbocycles. The second-order valence-electron chi connectivity index (χ2n) is 4.74. The van der Waals surface area contributed by atoms with Crippen molar-refractivity contribution in [2.45, 2.75) is 13.8 Å². The molecule has 1 N–H and O–H groups in total. The van der Waals surface area contributed by atoms with Gasteiger partial charge in [0.1, 0.15) is 0 Å². The Morgan fingerprint density at radius 3 is 2.71 bits per heavy atom. The molecule has 1 heterocycles. The van der Waals surface area contributed by atoms with Gasteiger partial charge >= 0.3 is 0 Å². The van der Waals surface area contributed by atoms with Gasteiger partial charge in [-0.1, -0.05) is 38.1 Å². The van der Waals surface area contributed by atoms with Crippen LogP contribution in [0.3, 0.4) is 0 Å². The van der Waals surface area contributed by atoms with Gasteiger partial charge in [-0.2, -0.15) is 0 Å². The van der Waals surface area contributed by atoms with Crippen molar-refractivity contribution >= 4 is 17.0 Å². The van der Waals surface area contributed by atoms with Crippen molar-refractivity contribution in [3.05, 3.63) is 41.6 Å². The van der Waals surface area contributed by atoms with Gasteiger partial charge in [-0.3, -0.25) is 0 Å². The van der Waals surface area contributed by atoms with Gasteiger partial charge in [0.05, 0.1) is 6.61 Å². The summed E-state index contributed by atoms with van der Waals surface area (Å²) in [6, 6.07) is 8.33. The molecule has 2 aromatic rings. The van der Waals surface area contributed by atoms with Crippen molar-refractivity contribution in [2.75, 3.05) is 6.61 Å². The minimum Gasteiger partial charge on any atom is -0.392 e. The molecule has 0 saturated heterocycles. The monoisotopic (exact) mass is 229 g/mol. The van der Waals surface area contributed by atoms with E-state index in [9.17, 15) is 5.11 Å². The van der Waals surface area contributed by atoms with Crippen LogP contribution in [-0.4, -0.2) is 16.3 Å². The maximum atomic E-state index is 9.36. The number of hydrogen-bond donors (Lipinski definition) is 1. The van der Waals surface area contributed by atoms with Crippen LogP contribution in [0.4, 0.5) is 0 Å². The number of aromatic nitrogens is 1. The Morgan fingerprint density at radius 1 is 1.35 bits per heavy atom. The molecule has 0 spiro atoms. The summed E-state index contributed by atoms with van der Waals surface area (Å²) in [5.41, 5.74) is 3.47. The van der Waals surface area contributed by atoms with Crippen LogP contribution in [0.2, 0.25) is 0 Å². The number of aliphatic hydroxyl groups excluding tert-OH is 1. The Hall–Kier alpha value is -1.54. The zero-order valence-electron chi connectivity index (χ0n) is 10.6. The number of para-hydroxylation sites is 1. The van der Waals surface area contributed by atoms with Crippen molar-refractivity contribution in [3.63, 3.8) is 0 Å². The fraction of sp³-hybridized carbons (Fsp3) is 0.333. The first-order chi connectivity index (χ1) is 8.13. The fourth-order valence-electron chi connectivity index (χ4n) is 2.08. The lowest BCUT2D eigenvalue weighted by atomic mass is 10.0. The second-order valence-corrected chi connectivity index (χ2v) is 4.74. The topological polar surface area (TPSA) is 25.2 Å². The predicted molar refractivity (Wildman–Crippen MR) is 72.8 cm³/mol. The highest BCUT2D eigenvalue weighted by Gasteiger charge is 2.06. The average Bonchev–Trinajstić information content (AvgIpc) is 2.63. The van der Waals surface area contributed by atoms with Crippen molar-refractivity contribution in [2.24, 2.45) is 13.0 Å². The number of rotatable bonds is 3. The van der Waals surface area contributed by atoms with Gasteiger partial charge in [-0.25, -0.2) is 0 Å². The van der Waals surface area contributed by atoms with Gasteiger partial charge in [-0.15, -0.1) is 0 Å². The molecule has 0 amide bonds. The lowest BCUT2D eigenvalue weighted by Crippen LogP contribution is -1.98. The molecule has 2 heteroatoms. The Kier molecular flexibility index (Phi) is 3.34. The molecule has 0 aliphatic carbocycles. The van der Waals surface area contributed by atoms with E-state index >= 15 is 0 Å². The molecule has 2 rings (SSSR count). The first-order valence-corrected chi connectivity index (χ1v) is 5.99. The normalized spacial score (nSPS) is 12.6. The number of benzene rings is 1. The van der Waals surface area contributed by atoms with E-state index in [1.54, 1.807) is 0 Å². The largest absolute Gasteiger partial charge is 0.392 e. The molecule has 2 nitrogen and oxygen atoms in total. The van der Waals surface area contributed by atoms with E-state index in [1.165, 1.54) is 16.5 Å². The molecule has 0 unspecified atom stereocenters. The van der Waals surface area contributed by atoms with Gasteiger partial charge in [0.2, 0.25) is 0 Å². The Bertz CT molecular complexity index is 549. The molecule has 0 aliphatic heterocycles. The summed E-state index contributed by atoms with van der Waals surface area (Å²) in [7, 11) is 2.05. The number of fused-ring (bicyclic) bond motifs is 1. The van der Waals surface area contributed by atoms with Crippen LogP contribution in [0.1, 0.15) is 19.4 Å². The summed E-state index contributed by atoms with van der Waals surface area (Å²) in [5, 5.41) is 10.6. The van der Waals surface area contributed by atoms with Crippen LogP contribution in [0.25, 0.3) is 17.0 Å². The van der Waals surface area contributed by atoms with Crippen molar-refractivity contribution in [3.8, 4) is 0 Å². The van der Waals surface area contributed by atoms with Crippen LogP contribution in [0.15, 0.2) is 36.0 Å². The SMILES string of the molecule is CC(C)/C(=C/c1cn(C)c2ccccc12)CO. The summed E-state index contributed by atoms with van der Waals surface area (Å²) >= 11 is 0.